The zero-order chi connectivity index (χ0) is 8.69. The van der Waals surface area contributed by atoms with Crippen molar-refractivity contribution in [3.05, 3.63) is 0 Å². The maximum atomic E-state index is 10.7. The van der Waals surface area contributed by atoms with Crippen LogP contribution < -0.4 is 0 Å². The van der Waals surface area contributed by atoms with E-state index in [1.165, 1.54) is 0 Å². The molecular formula is C8H12O3. The number of ketones is 2. The molecule has 0 aliphatic rings. The average molecular weight is 156 g/mol. The molecule has 62 valence electrons. The largest absolute Gasteiger partial charge is 0.303 e. The SMILES string of the molecule is CCC(=O)CCC(=O)CC=O. The first-order valence-electron chi connectivity index (χ1n) is 3.67. The van der Waals surface area contributed by atoms with Gasteiger partial charge in [0.1, 0.15) is 17.9 Å². The summed E-state index contributed by atoms with van der Waals surface area (Å²) in [6, 6.07) is 0. The second kappa shape index (κ2) is 5.77. The third-order valence-corrected chi connectivity index (χ3v) is 1.39. The molecule has 0 aliphatic carbocycles. The zero-order valence-corrected chi connectivity index (χ0v) is 6.63. The van der Waals surface area contributed by atoms with E-state index in [-0.39, 0.29) is 30.8 Å². The van der Waals surface area contributed by atoms with Gasteiger partial charge in [-0.3, -0.25) is 9.59 Å². The molecule has 0 rings (SSSR count). The molecule has 11 heavy (non-hydrogen) atoms. The number of carbonyl (C=O) groups is 3. The molecule has 0 heterocycles. The molecule has 0 radical (unpaired) electrons. The predicted octanol–water partition coefficient (Wildman–Crippen LogP) is 0.904. The third kappa shape index (κ3) is 5.45. The molecule has 0 amide bonds. The third-order valence-electron chi connectivity index (χ3n) is 1.39. The summed E-state index contributed by atoms with van der Waals surface area (Å²) >= 11 is 0. The molecule has 0 spiro atoms. The summed E-state index contributed by atoms with van der Waals surface area (Å²) in [7, 11) is 0. The summed E-state index contributed by atoms with van der Waals surface area (Å²) < 4.78 is 0. The highest BCUT2D eigenvalue weighted by molar-refractivity contribution is 5.92. The van der Waals surface area contributed by atoms with Crippen molar-refractivity contribution in [3.8, 4) is 0 Å². The minimum atomic E-state index is -0.151. The van der Waals surface area contributed by atoms with E-state index in [0.717, 1.165) is 0 Å². The van der Waals surface area contributed by atoms with Gasteiger partial charge in [-0.2, -0.15) is 0 Å². The molecule has 0 aromatic heterocycles. The first-order valence-corrected chi connectivity index (χ1v) is 3.67. The van der Waals surface area contributed by atoms with E-state index in [9.17, 15) is 14.4 Å². The smallest absolute Gasteiger partial charge is 0.140 e. The van der Waals surface area contributed by atoms with E-state index >= 15 is 0 Å². The fourth-order valence-electron chi connectivity index (χ4n) is 0.651. The fraction of sp³-hybridized carbons (Fsp3) is 0.625. The minimum absolute atomic E-state index is 0.0585. The molecule has 3 nitrogen and oxygen atoms in total. The van der Waals surface area contributed by atoms with Crippen LogP contribution in [0.3, 0.4) is 0 Å². The lowest BCUT2D eigenvalue weighted by Gasteiger charge is -1.93. The van der Waals surface area contributed by atoms with E-state index in [4.69, 9.17) is 0 Å². The Labute approximate surface area is 65.8 Å². The molecular weight excluding hydrogens is 144 g/mol. The maximum absolute atomic E-state index is 10.7. The summed E-state index contributed by atoms with van der Waals surface area (Å²) in [4.78, 5) is 31.2. The van der Waals surface area contributed by atoms with Gasteiger partial charge in [0.05, 0.1) is 6.42 Å². The van der Waals surface area contributed by atoms with Gasteiger partial charge in [-0.05, 0) is 0 Å². The number of aldehydes is 1. The molecule has 0 saturated heterocycles. The van der Waals surface area contributed by atoms with Gasteiger partial charge < -0.3 is 4.79 Å². The molecule has 0 unspecified atom stereocenters. The van der Waals surface area contributed by atoms with Crippen LogP contribution in [-0.2, 0) is 14.4 Å². The van der Waals surface area contributed by atoms with Gasteiger partial charge in [0.2, 0.25) is 0 Å². The van der Waals surface area contributed by atoms with Crippen LogP contribution in [0.5, 0.6) is 0 Å². The Kier molecular flexibility index (Phi) is 5.25. The van der Waals surface area contributed by atoms with Gasteiger partial charge in [-0.15, -0.1) is 0 Å². The quantitative estimate of drug-likeness (QED) is 0.424. The molecule has 0 fully saturated rings. The summed E-state index contributed by atoms with van der Waals surface area (Å²) in [6.45, 7) is 1.76. The molecule has 3 heteroatoms. The highest BCUT2D eigenvalue weighted by Crippen LogP contribution is 1.97. The Bertz CT molecular complexity index is 161. The van der Waals surface area contributed by atoms with Gasteiger partial charge in [0.25, 0.3) is 0 Å². The normalized spacial score (nSPS) is 9.18. The van der Waals surface area contributed by atoms with E-state index in [1.54, 1.807) is 6.92 Å². The van der Waals surface area contributed by atoms with Crippen LogP contribution in [0, 0.1) is 0 Å². The summed E-state index contributed by atoms with van der Waals surface area (Å²) in [5.41, 5.74) is 0. The lowest BCUT2D eigenvalue weighted by Crippen LogP contribution is -2.03. The summed E-state index contributed by atoms with van der Waals surface area (Å²) in [5.74, 6) is -0.0777. The zero-order valence-electron chi connectivity index (χ0n) is 6.63. The van der Waals surface area contributed by atoms with Crippen molar-refractivity contribution in [2.24, 2.45) is 0 Å². The second-order valence-corrected chi connectivity index (χ2v) is 2.30. The Morgan fingerprint density at radius 2 is 1.73 bits per heavy atom. The number of rotatable bonds is 6. The fourth-order valence-corrected chi connectivity index (χ4v) is 0.651. The van der Waals surface area contributed by atoms with Crippen molar-refractivity contribution in [3.63, 3.8) is 0 Å². The van der Waals surface area contributed by atoms with Gasteiger partial charge in [0.15, 0.2) is 0 Å². The van der Waals surface area contributed by atoms with Crippen LogP contribution in [0.25, 0.3) is 0 Å². The Hall–Kier alpha value is -0.990. The van der Waals surface area contributed by atoms with Crippen molar-refractivity contribution in [1.82, 2.24) is 0 Å². The van der Waals surface area contributed by atoms with Gasteiger partial charge in [-0.1, -0.05) is 6.92 Å². The molecule has 0 aromatic carbocycles. The topological polar surface area (TPSA) is 51.2 Å². The van der Waals surface area contributed by atoms with Gasteiger partial charge in [0, 0.05) is 19.3 Å². The van der Waals surface area contributed by atoms with Crippen LogP contribution in [-0.4, -0.2) is 17.9 Å². The minimum Gasteiger partial charge on any atom is -0.303 e. The predicted molar refractivity (Wildman–Crippen MR) is 40.2 cm³/mol. The van der Waals surface area contributed by atoms with E-state index in [1.807, 2.05) is 0 Å². The van der Waals surface area contributed by atoms with Gasteiger partial charge in [-0.25, -0.2) is 0 Å². The number of hydrogen-bond acceptors (Lipinski definition) is 3. The Morgan fingerprint density at radius 3 is 2.18 bits per heavy atom. The van der Waals surface area contributed by atoms with Gasteiger partial charge >= 0.3 is 0 Å². The van der Waals surface area contributed by atoms with E-state index < -0.39 is 0 Å². The Balaban J connectivity index is 3.45. The van der Waals surface area contributed by atoms with Crippen molar-refractivity contribution >= 4 is 17.9 Å². The maximum Gasteiger partial charge on any atom is 0.140 e. The second-order valence-electron chi connectivity index (χ2n) is 2.30. The summed E-state index contributed by atoms with van der Waals surface area (Å²) in [6.07, 6.45) is 1.47. The molecule has 0 aromatic rings. The molecule has 0 saturated carbocycles. The van der Waals surface area contributed by atoms with Crippen LogP contribution in [0.2, 0.25) is 0 Å². The van der Waals surface area contributed by atoms with Crippen molar-refractivity contribution in [1.29, 1.82) is 0 Å². The molecule has 0 atom stereocenters. The van der Waals surface area contributed by atoms with Crippen molar-refractivity contribution in [2.75, 3.05) is 0 Å². The first-order chi connectivity index (χ1) is 5.20. The van der Waals surface area contributed by atoms with E-state index in [2.05, 4.69) is 0 Å². The number of carbonyl (C=O) groups excluding carboxylic acids is 3. The highest BCUT2D eigenvalue weighted by atomic mass is 16.1. The molecule has 0 aliphatic heterocycles. The van der Waals surface area contributed by atoms with Crippen molar-refractivity contribution < 1.29 is 14.4 Å². The number of hydrogen-bond donors (Lipinski definition) is 0. The van der Waals surface area contributed by atoms with Crippen LogP contribution in [0.15, 0.2) is 0 Å². The molecule has 0 N–H and O–H groups in total. The van der Waals surface area contributed by atoms with E-state index in [0.29, 0.717) is 12.7 Å². The lowest BCUT2D eigenvalue weighted by molar-refractivity contribution is -0.125. The lowest BCUT2D eigenvalue weighted by atomic mass is 10.1. The van der Waals surface area contributed by atoms with Crippen LogP contribution in [0.1, 0.15) is 32.6 Å². The van der Waals surface area contributed by atoms with Crippen LogP contribution in [0.4, 0.5) is 0 Å². The monoisotopic (exact) mass is 156 g/mol. The van der Waals surface area contributed by atoms with Crippen LogP contribution >= 0.6 is 0 Å². The number of Topliss-reactive ketones (excluding diaryl/α,β-unsaturated/α-hetero) is 2. The first kappa shape index (κ1) is 10.0. The summed E-state index contributed by atoms with van der Waals surface area (Å²) in [5, 5.41) is 0. The molecule has 0 bridgehead atoms. The van der Waals surface area contributed by atoms with Crippen molar-refractivity contribution in [2.45, 2.75) is 32.6 Å². The highest BCUT2D eigenvalue weighted by Gasteiger charge is 2.03. The Morgan fingerprint density at radius 1 is 1.18 bits per heavy atom. The standard InChI is InChI=1S/C8H12O3/c1-2-7(10)3-4-8(11)5-6-9/h6H,2-5H2,1H3. The average Bonchev–Trinajstić information content (AvgIpc) is 2.01.